The largest absolute Gasteiger partial charge is 0.481 e. The molecule has 0 spiro atoms. The number of rotatable bonds is 14. The van der Waals surface area contributed by atoms with Gasteiger partial charge in [-0.3, -0.25) is 24.0 Å². The molecule has 0 aromatic rings. The van der Waals surface area contributed by atoms with Gasteiger partial charge in [0, 0.05) is 13.0 Å². The summed E-state index contributed by atoms with van der Waals surface area (Å²) in [5.41, 5.74) is 10.6. The maximum Gasteiger partial charge on any atom is 0.326 e. The number of carbonyl (C=O) groups excluding carboxylic acids is 4. The van der Waals surface area contributed by atoms with Crippen LogP contribution in [0.5, 0.6) is 0 Å². The predicted molar refractivity (Wildman–Crippen MR) is 118 cm³/mol. The van der Waals surface area contributed by atoms with Crippen LogP contribution in [0.15, 0.2) is 0 Å². The Morgan fingerprint density at radius 2 is 1.70 bits per heavy atom. The van der Waals surface area contributed by atoms with Gasteiger partial charge in [0.05, 0.1) is 12.5 Å². The van der Waals surface area contributed by atoms with Crippen molar-refractivity contribution < 1.29 is 39.0 Å². The van der Waals surface area contributed by atoms with E-state index in [9.17, 15) is 33.9 Å². The lowest BCUT2D eigenvalue weighted by Crippen LogP contribution is -2.57. The van der Waals surface area contributed by atoms with E-state index in [2.05, 4.69) is 10.6 Å². The van der Waals surface area contributed by atoms with Crippen LogP contribution in [0.25, 0.3) is 0 Å². The van der Waals surface area contributed by atoms with Gasteiger partial charge < -0.3 is 37.2 Å². The minimum absolute atomic E-state index is 0.204. The standard InChI is InChI=1S/C19H31N5O8S/c1-33-8-6-12(18(30)24-7-2-3-13(24)19(31)32)23-17(29)11(4-5-15(26)27)22-16(28)10(20)9-14(21)25/h10-13H,2-9,20H2,1H3,(H2,21,25)(H,22,28)(H,23,29)(H,26,27)(H,31,32). The van der Waals surface area contributed by atoms with Crippen LogP contribution >= 0.6 is 11.8 Å². The van der Waals surface area contributed by atoms with Crippen LogP contribution < -0.4 is 22.1 Å². The lowest BCUT2D eigenvalue weighted by molar-refractivity contribution is -0.149. The first-order valence-electron chi connectivity index (χ1n) is 10.4. The topological polar surface area (TPSA) is 222 Å². The van der Waals surface area contributed by atoms with Gasteiger partial charge in [0.1, 0.15) is 18.1 Å². The molecular formula is C19H31N5O8S. The monoisotopic (exact) mass is 489 g/mol. The van der Waals surface area contributed by atoms with Crippen molar-refractivity contribution in [2.24, 2.45) is 11.5 Å². The zero-order valence-electron chi connectivity index (χ0n) is 18.3. The molecular weight excluding hydrogens is 458 g/mol. The number of carboxylic acid groups (broad SMARTS) is 2. The number of nitrogens with two attached hydrogens (primary N) is 2. The summed E-state index contributed by atoms with van der Waals surface area (Å²) in [7, 11) is 0. The molecule has 33 heavy (non-hydrogen) atoms. The van der Waals surface area contributed by atoms with Crippen LogP contribution in [0.2, 0.25) is 0 Å². The molecule has 0 aromatic heterocycles. The molecule has 13 nitrogen and oxygen atoms in total. The second-order valence-corrected chi connectivity index (χ2v) is 8.63. The molecule has 4 amide bonds. The van der Waals surface area contributed by atoms with E-state index in [0.29, 0.717) is 18.6 Å². The highest BCUT2D eigenvalue weighted by atomic mass is 32.2. The summed E-state index contributed by atoms with van der Waals surface area (Å²) in [6.07, 6.45) is 1.60. The van der Waals surface area contributed by atoms with Gasteiger partial charge in [-0.25, -0.2) is 4.79 Å². The van der Waals surface area contributed by atoms with Gasteiger partial charge in [-0.05, 0) is 37.7 Å². The number of hydrogen-bond donors (Lipinski definition) is 6. The molecule has 1 aliphatic rings. The van der Waals surface area contributed by atoms with Gasteiger partial charge in [0.15, 0.2) is 0 Å². The van der Waals surface area contributed by atoms with Crippen molar-refractivity contribution >= 4 is 47.3 Å². The van der Waals surface area contributed by atoms with E-state index in [1.165, 1.54) is 16.7 Å². The van der Waals surface area contributed by atoms with Crippen molar-refractivity contribution in [2.45, 2.75) is 62.7 Å². The SMILES string of the molecule is CSCCC(NC(=O)C(CCC(=O)O)NC(=O)C(N)CC(N)=O)C(=O)N1CCCC1C(=O)O. The zero-order chi connectivity index (χ0) is 25.1. The van der Waals surface area contributed by atoms with Crippen molar-refractivity contribution in [1.29, 1.82) is 0 Å². The molecule has 1 aliphatic heterocycles. The fourth-order valence-corrected chi connectivity index (χ4v) is 3.85. The van der Waals surface area contributed by atoms with E-state index < -0.39 is 72.6 Å². The summed E-state index contributed by atoms with van der Waals surface area (Å²) in [6, 6.07) is -4.72. The van der Waals surface area contributed by atoms with Crippen LogP contribution in [0.4, 0.5) is 0 Å². The average Bonchev–Trinajstić information content (AvgIpc) is 3.22. The van der Waals surface area contributed by atoms with Crippen molar-refractivity contribution in [1.82, 2.24) is 15.5 Å². The molecule has 1 saturated heterocycles. The molecule has 4 atom stereocenters. The lowest BCUT2D eigenvalue weighted by atomic mass is 10.1. The molecule has 14 heteroatoms. The van der Waals surface area contributed by atoms with E-state index >= 15 is 0 Å². The molecule has 0 aromatic carbocycles. The van der Waals surface area contributed by atoms with Gasteiger partial charge in [-0.2, -0.15) is 11.8 Å². The number of nitrogens with one attached hydrogen (secondary N) is 2. The Morgan fingerprint density at radius 3 is 2.24 bits per heavy atom. The number of hydrogen-bond acceptors (Lipinski definition) is 8. The molecule has 0 radical (unpaired) electrons. The third kappa shape index (κ3) is 9.26. The molecule has 1 heterocycles. The molecule has 1 fully saturated rings. The average molecular weight is 490 g/mol. The van der Waals surface area contributed by atoms with E-state index in [-0.39, 0.29) is 19.4 Å². The van der Waals surface area contributed by atoms with Crippen LogP contribution in [0.1, 0.15) is 38.5 Å². The number of aliphatic carboxylic acids is 2. The summed E-state index contributed by atoms with van der Waals surface area (Å²) in [5, 5.41) is 23.2. The number of thioether (sulfide) groups is 1. The first-order valence-corrected chi connectivity index (χ1v) is 11.8. The number of carboxylic acids is 2. The normalized spacial score (nSPS) is 18.1. The summed E-state index contributed by atoms with van der Waals surface area (Å²) in [4.78, 5) is 72.8. The fourth-order valence-electron chi connectivity index (χ4n) is 3.38. The van der Waals surface area contributed by atoms with Crippen LogP contribution in [-0.4, -0.2) is 93.4 Å². The van der Waals surface area contributed by atoms with Crippen LogP contribution in [0.3, 0.4) is 0 Å². The molecule has 0 aliphatic carbocycles. The lowest BCUT2D eigenvalue weighted by Gasteiger charge is -2.29. The Hall–Kier alpha value is -2.87. The van der Waals surface area contributed by atoms with Crippen molar-refractivity contribution in [3.05, 3.63) is 0 Å². The maximum atomic E-state index is 13.0. The molecule has 4 unspecified atom stereocenters. The Labute approximate surface area is 195 Å². The Bertz CT molecular complexity index is 764. The number of likely N-dealkylation sites (tertiary alicyclic amines) is 1. The summed E-state index contributed by atoms with van der Waals surface area (Å²) < 4.78 is 0. The molecule has 1 rings (SSSR count). The molecule has 186 valence electrons. The highest BCUT2D eigenvalue weighted by molar-refractivity contribution is 7.98. The quantitative estimate of drug-likeness (QED) is 0.155. The van der Waals surface area contributed by atoms with Gasteiger partial charge in [-0.1, -0.05) is 0 Å². The summed E-state index contributed by atoms with van der Waals surface area (Å²) >= 11 is 1.42. The van der Waals surface area contributed by atoms with Gasteiger partial charge in [-0.15, -0.1) is 0 Å². The van der Waals surface area contributed by atoms with Gasteiger partial charge >= 0.3 is 11.9 Å². The smallest absolute Gasteiger partial charge is 0.326 e. The second kappa shape index (κ2) is 13.6. The van der Waals surface area contributed by atoms with E-state index in [1.807, 2.05) is 0 Å². The fraction of sp³-hybridized carbons (Fsp3) is 0.684. The minimum atomic E-state index is -1.34. The van der Waals surface area contributed by atoms with Crippen LogP contribution in [0, 0.1) is 0 Å². The zero-order valence-corrected chi connectivity index (χ0v) is 19.1. The maximum absolute atomic E-state index is 13.0. The van der Waals surface area contributed by atoms with Crippen molar-refractivity contribution in [3.8, 4) is 0 Å². The summed E-state index contributed by atoms with van der Waals surface area (Å²) in [6.45, 7) is 0.239. The Balaban J connectivity index is 2.99. The number of primary amides is 1. The molecule has 8 N–H and O–H groups in total. The second-order valence-electron chi connectivity index (χ2n) is 7.64. The van der Waals surface area contributed by atoms with E-state index in [0.717, 1.165) is 0 Å². The molecule has 0 saturated carbocycles. The highest BCUT2D eigenvalue weighted by Crippen LogP contribution is 2.20. The Morgan fingerprint density at radius 1 is 1.06 bits per heavy atom. The van der Waals surface area contributed by atoms with Crippen molar-refractivity contribution in [2.75, 3.05) is 18.6 Å². The number of nitrogens with zero attached hydrogens (tertiary/aromatic N) is 1. The third-order valence-electron chi connectivity index (χ3n) is 5.08. The van der Waals surface area contributed by atoms with Gasteiger partial charge in [0.25, 0.3) is 0 Å². The molecule has 0 bridgehead atoms. The third-order valence-corrected chi connectivity index (χ3v) is 5.73. The van der Waals surface area contributed by atoms with Crippen LogP contribution in [-0.2, 0) is 28.8 Å². The minimum Gasteiger partial charge on any atom is -0.481 e. The van der Waals surface area contributed by atoms with Crippen molar-refractivity contribution in [3.63, 3.8) is 0 Å². The first kappa shape index (κ1) is 28.2. The van der Waals surface area contributed by atoms with E-state index in [4.69, 9.17) is 16.6 Å². The highest BCUT2D eigenvalue weighted by Gasteiger charge is 2.38. The number of carbonyl (C=O) groups is 6. The van der Waals surface area contributed by atoms with Gasteiger partial charge in [0.2, 0.25) is 23.6 Å². The first-order chi connectivity index (χ1) is 15.5. The summed E-state index contributed by atoms with van der Waals surface area (Å²) in [5.74, 6) is -4.94. The Kier molecular flexibility index (Phi) is 11.6. The number of amides is 4. The predicted octanol–water partition coefficient (Wildman–Crippen LogP) is -2.15. The van der Waals surface area contributed by atoms with E-state index in [1.54, 1.807) is 6.26 Å².